The molecule has 4 heterocycles. The number of pyridine rings is 4. The van der Waals surface area contributed by atoms with Crippen LogP contribution in [0.25, 0.3) is 33.4 Å². The second kappa shape index (κ2) is 6.34. The molecule has 0 aliphatic carbocycles. The number of fused-ring (bicyclic) bond motifs is 1. The summed E-state index contributed by atoms with van der Waals surface area (Å²) in [6.07, 6.45) is 6.10. The molecule has 0 aliphatic heterocycles. The highest BCUT2D eigenvalue weighted by molar-refractivity contribution is 6.06. The van der Waals surface area contributed by atoms with E-state index in [2.05, 4.69) is 19.9 Å². The Morgan fingerprint density at radius 2 is 1.74 bits per heavy atom. The van der Waals surface area contributed by atoms with Crippen molar-refractivity contribution in [2.24, 2.45) is 5.73 Å². The number of nitrogens with one attached hydrogen (secondary N) is 1. The number of rotatable bonds is 3. The van der Waals surface area contributed by atoms with Crippen LogP contribution in [0.3, 0.4) is 0 Å². The maximum Gasteiger partial charge on any atom is 0.261 e. The monoisotopic (exact) mass is 359 g/mol. The minimum Gasteiger partial charge on any atom is -0.506 e. The summed E-state index contributed by atoms with van der Waals surface area (Å²) in [5.74, 6) is -1.10. The lowest BCUT2D eigenvalue weighted by Gasteiger charge is -2.14. The zero-order chi connectivity index (χ0) is 19.0. The van der Waals surface area contributed by atoms with E-state index in [1.165, 1.54) is 18.5 Å². The van der Waals surface area contributed by atoms with Gasteiger partial charge in [0.1, 0.15) is 17.0 Å². The molecule has 1 amide bonds. The maximum absolute atomic E-state index is 12.3. The Morgan fingerprint density at radius 1 is 1.00 bits per heavy atom. The van der Waals surface area contributed by atoms with Crippen molar-refractivity contribution in [3.63, 3.8) is 0 Å². The number of hydrogen-bond donors (Lipinski definition) is 3. The van der Waals surface area contributed by atoms with Gasteiger partial charge in [0, 0.05) is 41.3 Å². The Hall–Kier alpha value is -4.07. The summed E-state index contributed by atoms with van der Waals surface area (Å²) in [4.78, 5) is 39.5. The fraction of sp³-hybridized carbons (Fsp3) is 0. The zero-order valence-corrected chi connectivity index (χ0v) is 13.9. The summed E-state index contributed by atoms with van der Waals surface area (Å²) < 4.78 is 0. The molecule has 0 saturated carbocycles. The van der Waals surface area contributed by atoms with Crippen molar-refractivity contribution in [3.05, 3.63) is 71.0 Å². The largest absolute Gasteiger partial charge is 0.506 e. The molecule has 0 saturated heterocycles. The third-order valence-corrected chi connectivity index (χ3v) is 4.17. The lowest BCUT2D eigenvalue weighted by molar-refractivity contribution is 0.0999. The number of aromatic hydroxyl groups is 1. The minimum absolute atomic E-state index is 0.0845. The summed E-state index contributed by atoms with van der Waals surface area (Å²) in [6, 6.07) is 8.27. The first-order valence-electron chi connectivity index (χ1n) is 7.98. The first-order chi connectivity index (χ1) is 13.1. The topological polar surface area (TPSA) is 135 Å². The van der Waals surface area contributed by atoms with Gasteiger partial charge in [0.05, 0.1) is 0 Å². The van der Waals surface area contributed by atoms with Gasteiger partial charge >= 0.3 is 0 Å². The van der Waals surface area contributed by atoms with Crippen LogP contribution in [0.5, 0.6) is 5.75 Å². The second-order valence-corrected chi connectivity index (χ2v) is 5.75. The fourth-order valence-corrected chi connectivity index (χ4v) is 3.03. The maximum atomic E-state index is 12.3. The number of H-pyrrole nitrogens is 1. The highest BCUT2D eigenvalue weighted by atomic mass is 16.3. The SMILES string of the molecule is NC(=O)c1c(-c2ncccc2O)c(-c2ccnc3ncccc23)c[nH]c1=O. The molecular formula is C19H13N5O3. The Bertz CT molecular complexity index is 1240. The molecule has 132 valence electrons. The summed E-state index contributed by atoms with van der Waals surface area (Å²) in [7, 11) is 0. The number of hydrogen-bond acceptors (Lipinski definition) is 6. The molecule has 4 rings (SSSR count). The van der Waals surface area contributed by atoms with Crippen LogP contribution in [0.4, 0.5) is 0 Å². The molecule has 0 bridgehead atoms. The lowest BCUT2D eigenvalue weighted by Crippen LogP contribution is -2.25. The van der Waals surface area contributed by atoms with E-state index in [9.17, 15) is 14.7 Å². The Morgan fingerprint density at radius 3 is 2.52 bits per heavy atom. The first kappa shape index (κ1) is 16.4. The van der Waals surface area contributed by atoms with E-state index in [4.69, 9.17) is 5.73 Å². The predicted molar refractivity (Wildman–Crippen MR) is 99.0 cm³/mol. The standard InChI is InChI=1S/C19H13N5O3/c20-17(26)15-14(16-13(25)4-2-6-21-16)12(9-24-19(15)27)10-5-8-23-18-11(10)3-1-7-22-18/h1-9,25H,(H2,20,26)(H,24,27). The Balaban J connectivity index is 2.17. The van der Waals surface area contributed by atoms with E-state index in [1.54, 1.807) is 30.6 Å². The van der Waals surface area contributed by atoms with E-state index in [-0.39, 0.29) is 22.6 Å². The molecule has 8 nitrogen and oxygen atoms in total. The third kappa shape index (κ3) is 2.69. The zero-order valence-electron chi connectivity index (χ0n) is 13.9. The number of carbonyl (C=O) groups is 1. The number of amides is 1. The highest BCUT2D eigenvalue weighted by Gasteiger charge is 2.23. The van der Waals surface area contributed by atoms with E-state index < -0.39 is 11.5 Å². The van der Waals surface area contributed by atoms with Crippen molar-refractivity contribution in [2.45, 2.75) is 0 Å². The number of aromatic amines is 1. The van der Waals surface area contributed by atoms with Crippen molar-refractivity contribution < 1.29 is 9.90 Å². The van der Waals surface area contributed by atoms with Crippen molar-refractivity contribution in [2.75, 3.05) is 0 Å². The summed E-state index contributed by atoms with van der Waals surface area (Å²) >= 11 is 0. The molecule has 4 N–H and O–H groups in total. The van der Waals surface area contributed by atoms with Crippen molar-refractivity contribution in [1.29, 1.82) is 0 Å². The van der Waals surface area contributed by atoms with Gasteiger partial charge in [-0.25, -0.2) is 9.97 Å². The van der Waals surface area contributed by atoms with Crippen LogP contribution < -0.4 is 11.3 Å². The normalized spacial score (nSPS) is 10.8. The minimum atomic E-state index is -0.922. The van der Waals surface area contributed by atoms with Gasteiger partial charge in [-0.05, 0) is 35.9 Å². The number of nitrogens with two attached hydrogens (primary N) is 1. The van der Waals surface area contributed by atoms with Gasteiger partial charge < -0.3 is 15.8 Å². The number of carbonyl (C=O) groups excluding carboxylic acids is 1. The number of nitrogens with zero attached hydrogens (tertiary/aromatic N) is 3. The fourth-order valence-electron chi connectivity index (χ4n) is 3.03. The molecule has 0 unspecified atom stereocenters. The van der Waals surface area contributed by atoms with Crippen LogP contribution in [0, 0.1) is 0 Å². The van der Waals surface area contributed by atoms with Gasteiger partial charge in [-0.1, -0.05) is 0 Å². The Kier molecular flexibility index (Phi) is 3.85. The van der Waals surface area contributed by atoms with Gasteiger partial charge in [-0.15, -0.1) is 0 Å². The van der Waals surface area contributed by atoms with E-state index >= 15 is 0 Å². The van der Waals surface area contributed by atoms with Crippen LogP contribution in [-0.4, -0.2) is 30.9 Å². The number of aromatic nitrogens is 4. The number of primary amides is 1. The molecule has 0 atom stereocenters. The van der Waals surface area contributed by atoms with Crippen LogP contribution >= 0.6 is 0 Å². The molecule has 0 spiro atoms. The summed E-state index contributed by atoms with van der Waals surface area (Å²) in [5.41, 5.74) is 6.39. The van der Waals surface area contributed by atoms with Gasteiger partial charge in [0.2, 0.25) is 0 Å². The molecule has 27 heavy (non-hydrogen) atoms. The van der Waals surface area contributed by atoms with Gasteiger partial charge in [0.15, 0.2) is 5.65 Å². The van der Waals surface area contributed by atoms with Crippen LogP contribution in [0.2, 0.25) is 0 Å². The molecule has 0 aliphatic rings. The predicted octanol–water partition coefficient (Wildman–Crippen LogP) is 1.85. The first-order valence-corrected chi connectivity index (χ1v) is 7.98. The van der Waals surface area contributed by atoms with E-state index in [0.29, 0.717) is 22.2 Å². The van der Waals surface area contributed by atoms with Crippen molar-refractivity contribution in [1.82, 2.24) is 19.9 Å². The molecule has 0 fully saturated rings. The molecule has 8 heteroatoms. The van der Waals surface area contributed by atoms with E-state index in [1.807, 2.05) is 6.07 Å². The summed E-state index contributed by atoms with van der Waals surface area (Å²) in [6.45, 7) is 0. The average molecular weight is 359 g/mol. The van der Waals surface area contributed by atoms with Crippen molar-refractivity contribution >= 4 is 16.9 Å². The second-order valence-electron chi connectivity index (χ2n) is 5.75. The lowest BCUT2D eigenvalue weighted by atomic mass is 9.93. The molecule has 4 aromatic heterocycles. The summed E-state index contributed by atoms with van der Waals surface area (Å²) in [5, 5.41) is 11.0. The van der Waals surface area contributed by atoms with Crippen LogP contribution in [-0.2, 0) is 0 Å². The van der Waals surface area contributed by atoms with Gasteiger partial charge in [0.25, 0.3) is 11.5 Å². The quantitative estimate of drug-likeness (QED) is 0.511. The molecule has 0 radical (unpaired) electrons. The molecular weight excluding hydrogens is 346 g/mol. The highest BCUT2D eigenvalue weighted by Crippen LogP contribution is 2.38. The van der Waals surface area contributed by atoms with Crippen LogP contribution in [0.1, 0.15) is 10.4 Å². The van der Waals surface area contributed by atoms with Crippen LogP contribution in [0.15, 0.2) is 59.9 Å². The van der Waals surface area contributed by atoms with Gasteiger partial charge in [-0.3, -0.25) is 14.6 Å². The average Bonchev–Trinajstić information content (AvgIpc) is 2.67. The molecule has 0 aromatic carbocycles. The van der Waals surface area contributed by atoms with Gasteiger partial charge in [-0.2, -0.15) is 0 Å². The molecule has 4 aromatic rings. The third-order valence-electron chi connectivity index (χ3n) is 4.17. The smallest absolute Gasteiger partial charge is 0.261 e. The Labute approximate surface area is 152 Å². The van der Waals surface area contributed by atoms with Crippen molar-refractivity contribution in [3.8, 4) is 28.1 Å². The van der Waals surface area contributed by atoms with E-state index in [0.717, 1.165) is 0 Å².